The van der Waals surface area contributed by atoms with Gasteiger partial charge in [-0.2, -0.15) is 0 Å². The highest BCUT2D eigenvalue weighted by Crippen LogP contribution is 2.27. The minimum atomic E-state index is -0.0212. The number of amides is 1. The molecule has 0 saturated heterocycles. The van der Waals surface area contributed by atoms with Crippen molar-refractivity contribution in [3.05, 3.63) is 29.4 Å². The van der Waals surface area contributed by atoms with E-state index in [2.05, 4.69) is 25.5 Å². The first-order chi connectivity index (χ1) is 12.6. The Morgan fingerprint density at radius 1 is 1.23 bits per heavy atom. The summed E-state index contributed by atoms with van der Waals surface area (Å²) in [4.78, 5) is 21.2. The minimum absolute atomic E-state index is 0.00944. The number of aryl methyl sites for hydroxylation is 1. The highest BCUT2D eigenvalue weighted by molar-refractivity contribution is 7.14. The third-order valence-corrected chi connectivity index (χ3v) is 5.62. The van der Waals surface area contributed by atoms with Gasteiger partial charge in [0.2, 0.25) is 11.9 Å². The molecule has 2 aromatic heterocycles. The van der Waals surface area contributed by atoms with Gasteiger partial charge < -0.3 is 5.73 Å². The molecule has 4 rings (SSSR count). The van der Waals surface area contributed by atoms with Crippen molar-refractivity contribution in [3.63, 3.8) is 0 Å². The van der Waals surface area contributed by atoms with Crippen molar-refractivity contribution in [1.82, 2.24) is 20.2 Å². The third kappa shape index (κ3) is 3.56. The number of benzene rings is 1. The number of rotatable bonds is 3. The zero-order chi connectivity index (χ0) is 18.1. The van der Waals surface area contributed by atoms with Crippen LogP contribution in [0.5, 0.6) is 0 Å². The predicted molar refractivity (Wildman–Crippen MR) is 102 cm³/mol. The summed E-state index contributed by atoms with van der Waals surface area (Å²) in [6, 6.07) is 6.11. The van der Waals surface area contributed by atoms with Gasteiger partial charge in [0.15, 0.2) is 0 Å². The first-order valence-electron chi connectivity index (χ1n) is 8.72. The standard InChI is InChI=1S/C18H20N6OS/c1-10-23-24-17(26-10)12-2-3-13-9-20-18(21-15(13)8-12)22-16(25)11-4-6-14(19)7-5-11/h2-3,8-9,11,14H,4-7,19H2,1H3,(H,20,21,22,25). The van der Waals surface area contributed by atoms with Crippen LogP contribution in [-0.4, -0.2) is 32.1 Å². The van der Waals surface area contributed by atoms with Crippen LogP contribution in [0.15, 0.2) is 24.4 Å². The van der Waals surface area contributed by atoms with Crippen LogP contribution in [0, 0.1) is 12.8 Å². The quantitative estimate of drug-likeness (QED) is 0.736. The van der Waals surface area contributed by atoms with Crippen molar-refractivity contribution in [3.8, 4) is 10.6 Å². The fourth-order valence-corrected chi connectivity index (χ4v) is 3.91. The molecule has 0 atom stereocenters. The van der Waals surface area contributed by atoms with Crippen LogP contribution in [-0.2, 0) is 4.79 Å². The molecule has 1 fully saturated rings. The Balaban J connectivity index is 1.55. The zero-order valence-electron chi connectivity index (χ0n) is 14.5. The van der Waals surface area contributed by atoms with Crippen LogP contribution in [0.2, 0.25) is 0 Å². The monoisotopic (exact) mass is 368 g/mol. The number of nitrogens with zero attached hydrogens (tertiary/aromatic N) is 4. The Hall–Kier alpha value is -2.45. The van der Waals surface area contributed by atoms with Crippen LogP contribution in [0.4, 0.5) is 5.95 Å². The number of nitrogens with two attached hydrogens (primary N) is 1. The average molecular weight is 368 g/mol. The van der Waals surface area contributed by atoms with Gasteiger partial charge in [0, 0.05) is 29.1 Å². The number of hydrogen-bond acceptors (Lipinski definition) is 7. The molecule has 1 aliphatic carbocycles. The van der Waals surface area contributed by atoms with E-state index < -0.39 is 0 Å². The van der Waals surface area contributed by atoms with E-state index in [9.17, 15) is 4.79 Å². The molecule has 0 spiro atoms. The molecule has 3 N–H and O–H groups in total. The highest BCUT2D eigenvalue weighted by atomic mass is 32.1. The van der Waals surface area contributed by atoms with E-state index in [0.29, 0.717) is 5.95 Å². The van der Waals surface area contributed by atoms with E-state index in [-0.39, 0.29) is 17.9 Å². The van der Waals surface area contributed by atoms with E-state index in [1.54, 1.807) is 6.20 Å². The molecular weight excluding hydrogens is 348 g/mol. The second-order valence-electron chi connectivity index (χ2n) is 6.69. The molecular formula is C18H20N6OS. The fourth-order valence-electron chi connectivity index (χ4n) is 3.22. The molecule has 1 amide bonds. The van der Waals surface area contributed by atoms with E-state index in [4.69, 9.17) is 5.73 Å². The lowest BCUT2D eigenvalue weighted by Gasteiger charge is -2.24. The van der Waals surface area contributed by atoms with Crippen LogP contribution < -0.4 is 11.1 Å². The summed E-state index contributed by atoms with van der Waals surface area (Å²) in [6.45, 7) is 1.93. The van der Waals surface area contributed by atoms with Crippen molar-refractivity contribution in [1.29, 1.82) is 0 Å². The summed E-state index contributed by atoms with van der Waals surface area (Å²) in [7, 11) is 0. The number of aromatic nitrogens is 4. The molecule has 0 radical (unpaired) electrons. The van der Waals surface area contributed by atoms with Crippen LogP contribution in [0.1, 0.15) is 30.7 Å². The van der Waals surface area contributed by atoms with Crippen molar-refractivity contribution in [2.75, 3.05) is 5.32 Å². The van der Waals surface area contributed by atoms with Gasteiger partial charge in [-0.3, -0.25) is 10.1 Å². The van der Waals surface area contributed by atoms with Crippen LogP contribution >= 0.6 is 11.3 Å². The first kappa shape index (κ1) is 17.0. The summed E-state index contributed by atoms with van der Waals surface area (Å²) in [5.74, 6) is 0.305. The van der Waals surface area contributed by atoms with Gasteiger partial charge in [-0.25, -0.2) is 9.97 Å². The van der Waals surface area contributed by atoms with Crippen LogP contribution in [0.25, 0.3) is 21.5 Å². The van der Waals surface area contributed by atoms with E-state index >= 15 is 0 Å². The molecule has 0 bridgehead atoms. The highest BCUT2D eigenvalue weighted by Gasteiger charge is 2.25. The summed E-state index contributed by atoms with van der Waals surface area (Å²) in [5, 5.41) is 13.8. The van der Waals surface area contributed by atoms with Gasteiger partial charge in [-0.1, -0.05) is 23.5 Å². The lowest BCUT2D eigenvalue weighted by atomic mass is 9.86. The molecule has 1 saturated carbocycles. The molecule has 7 nitrogen and oxygen atoms in total. The average Bonchev–Trinajstić information content (AvgIpc) is 3.08. The number of carbonyl (C=O) groups excluding carboxylic acids is 1. The first-order valence-corrected chi connectivity index (χ1v) is 9.54. The molecule has 8 heteroatoms. The SMILES string of the molecule is Cc1nnc(-c2ccc3cnc(NC(=O)C4CCC(N)CC4)nc3c2)s1. The number of hydrogen-bond donors (Lipinski definition) is 2. The topological polar surface area (TPSA) is 107 Å². The Kier molecular flexibility index (Phi) is 4.60. The lowest BCUT2D eigenvalue weighted by Crippen LogP contribution is -2.32. The molecule has 0 unspecified atom stereocenters. The Labute approximate surface area is 155 Å². The molecule has 3 aromatic rings. The second-order valence-corrected chi connectivity index (χ2v) is 7.88. The molecule has 134 valence electrons. The van der Waals surface area contributed by atoms with E-state index in [1.165, 1.54) is 11.3 Å². The van der Waals surface area contributed by atoms with E-state index in [1.807, 2.05) is 25.1 Å². The normalized spacial score (nSPS) is 20.2. The third-order valence-electron chi connectivity index (χ3n) is 4.73. The maximum Gasteiger partial charge on any atom is 0.229 e. The summed E-state index contributed by atoms with van der Waals surface area (Å²) >= 11 is 1.54. The van der Waals surface area contributed by atoms with Gasteiger partial charge in [0.1, 0.15) is 10.0 Å². The van der Waals surface area contributed by atoms with Crippen molar-refractivity contribution >= 4 is 34.1 Å². The van der Waals surface area contributed by atoms with Gasteiger partial charge in [0.25, 0.3) is 0 Å². The van der Waals surface area contributed by atoms with Crippen molar-refractivity contribution in [2.45, 2.75) is 38.6 Å². The van der Waals surface area contributed by atoms with Crippen molar-refractivity contribution < 1.29 is 4.79 Å². The molecule has 1 aliphatic rings. The van der Waals surface area contributed by atoms with Gasteiger partial charge in [0.05, 0.1) is 5.52 Å². The van der Waals surface area contributed by atoms with Crippen molar-refractivity contribution in [2.24, 2.45) is 11.7 Å². The van der Waals surface area contributed by atoms with Crippen LogP contribution in [0.3, 0.4) is 0 Å². The predicted octanol–water partition coefficient (Wildman–Crippen LogP) is 2.91. The second kappa shape index (κ2) is 7.05. The summed E-state index contributed by atoms with van der Waals surface area (Å²) in [5.41, 5.74) is 7.64. The maximum absolute atomic E-state index is 12.5. The molecule has 26 heavy (non-hydrogen) atoms. The summed E-state index contributed by atoms with van der Waals surface area (Å²) < 4.78 is 0. The maximum atomic E-state index is 12.5. The van der Waals surface area contributed by atoms with E-state index in [0.717, 1.165) is 52.2 Å². The molecule has 0 aliphatic heterocycles. The number of anilines is 1. The zero-order valence-corrected chi connectivity index (χ0v) is 15.3. The number of carbonyl (C=O) groups is 1. The number of fused-ring (bicyclic) bond motifs is 1. The van der Waals surface area contributed by atoms with Gasteiger partial charge >= 0.3 is 0 Å². The summed E-state index contributed by atoms with van der Waals surface area (Å²) in [6.07, 6.45) is 5.15. The smallest absolute Gasteiger partial charge is 0.229 e. The van der Waals surface area contributed by atoms with Gasteiger partial charge in [-0.05, 0) is 38.7 Å². The molecule has 2 heterocycles. The molecule has 1 aromatic carbocycles. The lowest BCUT2D eigenvalue weighted by molar-refractivity contribution is -0.120. The Morgan fingerprint density at radius 2 is 2.04 bits per heavy atom. The number of nitrogens with one attached hydrogen (secondary N) is 1. The van der Waals surface area contributed by atoms with Gasteiger partial charge in [-0.15, -0.1) is 10.2 Å². The largest absolute Gasteiger partial charge is 0.328 e. The Bertz CT molecular complexity index is 948. The fraction of sp³-hybridized carbons (Fsp3) is 0.389. The Morgan fingerprint density at radius 3 is 2.77 bits per heavy atom. The minimum Gasteiger partial charge on any atom is -0.328 e.